The van der Waals surface area contributed by atoms with Gasteiger partial charge in [0.2, 0.25) is 0 Å². The molecule has 1 saturated carbocycles. The van der Waals surface area contributed by atoms with Crippen molar-refractivity contribution < 1.29 is 19.4 Å². The zero-order chi connectivity index (χ0) is 26.5. The third kappa shape index (κ3) is 5.15. The van der Waals surface area contributed by atoms with E-state index in [1.165, 1.54) is 0 Å². The standard InChI is InChI=1S/C30H37ClN2O4/c1-29(2,3)37-28(36)30(4)14-12-20(13-15-30)26-22-11-8-18(17-34)16-24(22)33(32-26)27(35)25-21(19-9-10-19)6-5-7-23(25)31/h5-7,12,18-19,34H,8-11,13-17H2,1-4H3. The van der Waals surface area contributed by atoms with Gasteiger partial charge in [0.05, 0.1) is 27.4 Å². The van der Waals surface area contributed by atoms with Gasteiger partial charge in [0, 0.05) is 12.2 Å². The summed E-state index contributed by atoms with van der Waals surface area (Å²) in [5, 5.41) is 15.3. The van der Waals surface area contributed by atoms with Crippen molar-refractivity contribution in [2.45, 2.75) is 90.6 Å². The first-order valence-corrected chi connectivity index (χ1v) is 13.9. The van der Waals surface area contributed by atoms with E-state index in [-0.39, 0.29) is 24.4 Å². The van der Waals surface area contributed by atoms with E-state index in [0.29, 0.717) is 42.2 Å². The van der Waals surface area contributed by atoms with Crippen molar-refractivity contribution >= 4 is 29.1 Å². The van der Waals surface area contributed by atoms with Crippen LogP contribution < -0.4 is 0 Å². The minimum atomic E-state index is -0.575. The Balaban J connectivity index is 1.51. The third-order valence-corrected chi connectivity index (χ3v) is 8.36. The number of aromatic nitrogens is 2. The summed E-state index contributed by atoms with van der Waals surface area (Å²) in [4.78, 5) is 26.9. The lowest BCUT2D eigenvalue weighted by Crippen LogP contribution is -2.36. The topological polar surface area (TPSA) is 81.4 Å². The molecule has 7 heteroatoms. The van der Waals surface area contributed by atoms with Gasteiger partial charge in [-0.25, -0.2) is 0 Å². The van der Waals surface area contributed by atoms with Crippen LogP contribution in [0.15, 0.2) is 24.3 Å². The maximum absolute atomic E-state index is 14.0. The molecule has 1 heterocycles. The predicted octanol–water partition coefficient (Wildman–Crippen LogP) is 6.11. The van der Waals surface area contributed by atoms with Crippen LogP contribution in [-0.4, -0.2) is 39.0 Å². The summed E-state index contributed by atoms with van der Waals surface area (Å²) in [6.45, 7) is 7.73. The lowest BCUT2D eigenvalue weighted by Gasteiger charge is -2.33. The summed E-state index contributed by atoms with van der Waals surface area (Å²) in [6.07, 6.45) is 8.40. The Morgan fingerprint density at radius 2 is 1.97 bits per heavy atom. The molecule has 1 fully saturated rings. The van der Waals surface area contributed by atoms with Crippen LogP contribution >= 0.6 is 11.6 Å². The van der Waals surface area contributed by atoms with Crippen molar-refractivity contribution in [1.82, 2.24) is 9.78 Å². The van der Waals surface area contributed by atoms with Crippen LogP contribution in [0.4, 0.5) is 0 Å². The van der Waals surface area contributed by atoms with Crippen LogP contribution in [0.5, 0.6) is 0 Å². The highest BCUT2D eigenvalue weighted by atomic mass is 35.5. The number of nitrogens with zero attached hydrogens (tertiary/aromatic N) is 2. The maximum atomic E-state index is 14.0. The molecule has 2 unspecified atom stereocenters. The van der Waals surface area contributed by atoms with E-state index in [0.717, 1.165) is 53.8 Å². The number of ether oxygens (including phenoxy) is 1. The first-order chi connectivity index (χ1) is 17.5. The average molecular weight is 525 g/mol. The minimum absolute atomic E-state index is 0.0878. The van der Waals surface area contributed by atoms with E-state index in [1.54, 1.807) is 10.7 Å². The van der Waals surface area contributed by atoms with Crippen LogP contribution in [0, 0.1) is 11.3 Å². The van der Waals surface area contributed by atoms with Crippen molar-refractivity contribution in [3.05, 3.63) is 57.4 Å². The van der Waals surface area contributed by atoms with Crippen LogP contribution in [0.2, 0.25) is 5.02 Å². The summed E-state index contributed by atoms with van der Waals surface area (Å²) in [6, 6.07) is 5.69. The zero-order valence-electron chi connectivity index (χ0n) is 22.3. The van der Waals surface area contributed by atoms with Gasteiger partial charge in [-0.3, -0.25) is 9.59 Å². The van der Waals surface area contributed by atoms with E-state index in [2.05, 4.69) is 6.08 Å². The number of esters is 1. The Morgan fingerprint density at radius 3 is 2.59 bits per heavy atom. The van der Waals surface area contributed by atoms with Crippen LogP contribution in [0.1, 0.15) is 105 Å². The van der Waals surface area contributed by atoms with Gasteiger partial charge in [0.1, 0.15) is 5.60 Å². The van der Waals surface area contributed by atoms with Crippen molar-refractivity contribution in [2.24, 2.45) is 11.3 Å². The number of allylic oxidation sites excluding steroid dienone is 2. The summed E-state index contributed by atoms with van der Waals surface area (Å²) >= 11 is 6.59. The quantitative estimate of drug-likeness (QED) is 0.477. The number of hydrogen-bond acceptors (Lipinski definition) is 5. The van der Waals surface area contributed by atoms with Crippen molar-refractivity contribution in [2.75, 3.05) is 6.61 Å². The molecule has 3 aliphatic carbocycles. The average Bonchev–Trinajstić information content (AvgIpc) is 3.63. The molecule has 0 radical (unpaired) electrons. The summed E-state index contributed by atoms with van der Waals surface area (Å²) in [5.74, 6) is 0.118. The normalized spacial score (nSPS) is 23.8. The number of carbonyl (C=O) groups excluding carboxylic acids is 2. The van der Waals surface area contributed by atoms with Gasteiger partial charge in [-0.15, -0.1) is 0 Å². The number of aliphatic hydroxyl groups excluding tert-OH is 1. The van der Waals surface area contributed by atoms with Crippen molar-refractivity contribution in [1.29, 1.82) is 0 Å². The fraction of sp³-hybridized carbons (Fsp3) is 0.567. The number of hydrogen-bond donors (Lipinski definition) is 1. The second-order valence-corrected chi connectivity index (χ2v) is 12.7. The smallest absolute Gasteiger partial charge is 0.312 e. The third-order valence-electron chi connectivity index (χ3n) is 8.04. The number of carbonyl (C=O) groups is 2. The molecule has 2 aromatic rings. The fourth-order valence-corrected chi connectivity index (χ4v) is 5.90. The fourth-order valence-electron chi connectivity index (χ4n) is 5.64. The monoisotopic (exact) mass is 524 g/mol. The molecular weight excluding hydrogens is 488 g/mol. The molecule has 0 amide bonds. The number of rotatable bonds is 5. The molecule has 0 saturated heterocycles. The summed E-state index contributed by atoms with van der Waals surface area (Å²) < 4.78 is 7.26. The van der Waals surface area contributed by atoms with Gasteiger partial charge in [-0.05, 0) is 108 Å². The van der Waals surface area contributed by atoms with Crippen LogP contribution in [-0.2, 0) is 22.4 Å². The van der Waals surface area contributed by atoms with Gasteiger partial charge in [-0.2, -0.15) is 9.78 Å². The Morgan fingerprint density at radius 1 is 1.22 bits per heavy atom. The lowest BCUT2D eigenvalue weighted by molar-refractivity contribution is -0.167. The Kier molecular flexibility index (Phi) is 6.86. The Bertz CT molecular complexity index is 1270. The van der Waals surface area contributed by atoms with E-state index in [1.807, 2.05) is 39.8 Å². The molecule has 0 spiro atoms. The maximum Gasteiger partial charge on any atom is 0.312 e. The second-order valence-electron chi connectivity index (χ2n) is 12.3. The highest BCUT2D eigenvalue weighted by Gasteiger charge is 2.40. The zero-order valence-corrected chi connectivity index (χ0v) is 23.0. The molecule has 1 aromatic heterocycles. The van der Waals surface area contributed by atoms with Crippen molar-refractivity contribution in [3.63, 3.8) is 0 Å². The van der Waals surface area contributed by atoms with Crippen LogP contribution in [0.25, 0.3) is 5.57 Å². The molecule has 1 aromatic carbocycles. The molecule has 6 nitrogen and oxygen atoms in total. The van der Waals surface area contributed by atoms with E-state index in [4.69, 9.17) is 21.4 Å². The molecule has 3 aliphatic rings. The molecule has 5 rings (SSSR count). The molecule has 198 valence electrons. The molecule has 2 atom stereocenters. The SMILES string of the molecule is CC(C)(C)OC(=O)C1(C)CC=C(c2nn(C(=O)c3c(Cl)cccc3C3CC3)c3c2CCC(CO)C3)CC1. The summed E-state index contributed by atoms with van der Waals surface area (Å²) in [5.41, 5.74) is 4.35. The van der Waals surface area contributed by atoms with E-state index in [9.17, 15) is 14.7 Å². The van der Waals surface area contributed by atoms with E-state index < -0.39 is 11.0 Å². The summed E-state index contributed by atoms with van der Waals surface area (Å²) in [7, 11) is 0. The second kappa shape index (κ2) is 9.70. The molecule has 1 N–H and O–H groups in total. The van der Waals surface area contributed by atoms with Crippen LogP contribution in [0.3, 0.4) is 0 Å². The molecular formula is C30H37ClN2O4. The number of benzene rings is 1. The first-order valence-electron chi connectivity index (χ1n) is 13.5. The molecule has 0 bridgehead atoms. The number of halogens is 1. The van der Waals surface area contributed by atoms with Gasteiger partial charge in [-0.1, -0.05) is 29.8 Å². The molecule has 37 heavy (non-hydrogen) atoms. The van der Waals surface area contributed by atoms with Gasteiger partial charge < -0.3 is 9.84 Å². The molecule has 0 aliphatic heterocycles. The lowest BCUT2D eigenvalue weighted by atomic mass is 9.75. The van der Waals surface area contributed by atoms with Gasteiger partial charge in [0.25, 0.3) is 5.91 Å². The highest BCUT2D eigenvalue weighted by Crippen LogP contribution is 2.45. The van der Waals surface area contributed by atoms with Gasteiger partial charge in [0.15, 0.2) is 0 Å². The number of aliphatic hydroxyl groups is 1. The Hall–Kier alpha value is -2.44. The highest BCUT2D eigenvalue weighted by molar-refractivity contribution is 6.34. The minimum Gasteiger partial charge on any atom is -0.460 e. The predicted molar refractivity (Wildman–Crippen MR) is 144 cm³/mol. The first kappa shape index (κ1) is 26.2. The van der Waals surface area contributed by atoms with Crippen molar-refractivity contribution in [3.8, 4) is 0 Å². The van der Waals surface area contributed by atoms with E-state index >= 15 is 0 Å². The Labute approximate surface area is 224 Å². The number of fused-ring (bicyclic) bond motifs is 1. The van der Waals surface area contributed by atoms with Gasteiger partial charge >= 0.3 is 5.97 Å². The largest absolute Gasteiger partial charge is 0.460 e.